The number of nitrogens with one attached hydrogen (secondary N) is 2. The average molecular weight is 301 g/mol. The van der Waals surface area contributed by atoms with Gasteiger partial charge < -0.3 is 10.2 Å². The van der Waals surface area contributed by atoms with Crippen LogP contribution in [-0.4, -0.2) is 41.4 Å². The van der Waals surface area contributed by atoms with Crippen molar-refractivity contribution in [1.82, 2.24) is 15.5 Å². The maximum atomic E-state index is 12.4. The molecule has 1 aromatic carbocycles. The van der Waals surface area contributed by atoms with E-state index >= 15 is 0 Å². The van der Waals surface area contributed by atoms with Crippen molar-refractivity contribution in [3.8, 4) is 0 Å². The fourth-order valence-corrected chi connectivity index (χ4v) is 3.04. The van der Waals surface area contributed by atoms with Crippen LogP contribution < -0.4 is 10.6 Å². The van der Waals surface area contributed by atoms with E-state index in [9.17, 15) is 14.4 Å². The molecule has 116 valence electrons. The number of benzene rings is 1. The largest absolute Gasteiger partial charge is 0.339 e. The summed E-state index contributed by atoms with van der Waals surface area (Å²) in [5, 5.41) is 4.90. The molecule has 0 unspecified atom stereocenters. The van der Waals surface area contributed by atoms with Gasteiger partial charge in [0.25, 0.3) is 5.91 Å². The van der Waals surface area contributed by atoms with E-state index in [1.54, 1.807) is 4.90 Å². The molecule has 2 saturated heterocycles. The summed E-state index contributed by atoms with van der Waals surface area (Å²) in [4.78, 5) is 37.3. The first kappa shape index (κ1) is 14.6. The van der Waals surface area contributed by atoms with E-state index in [-0.39, 0.29) is 18.4 Å². The molecule has 0 saturated carbocycles. The lowest BCUT2D eigenvalue weighted by molar-refractivity contribution is -0.130. The van der Waals surface area contributed by atoms with Gasteiger partial charge in [-0.2, -0.15) is 0 Å². The lowest BCUT2D eigenvalue weighted by Crippen LogP contribution is -2.49. The monoisotopic (exact) mass is 301 g/mol. The molecule has 6 nitrogen and oxygen atoms in total. The maximum absolute atomic E-state index is 12.4. The van der Waals surface area contributed by atoms with Crippen LogP contribution in [0.15, 0.2) is 18.2 Å². The van der Waals surface area contributed by atoms with Crippen LogP contribution in [0.3, 0.4) is 0 Å². The summed E-state index contributed by atoms with van der Waals surface area (Å²) in [5.41, 5.74) is 2.39. The van der Waals surface area contributed by atoms with Gasteiger partial charge in [0.15, 0.2) is 0 Å². The summed E-state index contributed by atoms with van der Waals surface area (Å²) in [7, 11) is 0. The van der Waals surface area contributed by atoms with E-state index in [1.165, 1.54) is 5.56 Å². The third kappa shape index (κ3) is 2.45. The number of imide groups is 1. The molecule has 2 aliphatic rings. The minimum Gasteiger partial charge on any atom is -0.339 e. The molecule has 1 spiro atoms. The lowest BCUT2D eigenvalue weighted by Gasteiger charge is -2.21. The third-order valence-corrected chi connectivity index (χ3v) is 4.56. The molecule has 0 aliphatic carbocycles. The van der Waals surface area contributed by atoms with Crippen molar-refractivity contribution in [1.29, 1.82) is 0 Å². The molecule has 6 heteroatoms. The highest BCUT2D eigenvalue weighted by atomic mass is 16.2. The number of nitrogens with zero attached hydrogens (tertiary/aromatic N) is 1. The quantitative estimate of drug-likeness (QED) is 0.788. The van der Waals surface area contributed by atoms with Crippen LogP contribution in [0.2, 0.25) is 0 Å². The van der Waals surface area contributed by atoms with Crippen molar-refractivity contribution in [3.63, 3.8) is 0 Å². The molecule has 2 fully saturated rings. The van der Waals surface area contributed by atoms with Crippen molar-refractivity contribution < 1.29 is 14.4 Å². The van der Waals surface area contributed by atoms with Crippen molar-refractivity contribution in [2.75, 3.05) is 13.1 Å². The number of likely N-dealkylation sites (tertiary alicyclic amines) is 1. The van der Waals surface area contributed by atoms with Crippen LogP contribution in [0.25, 0.3) is 0 Å². The second-order valence-electron chi connectivity index (χ2n) is 6.15. The Balaban J connectivity index is 1.68. The number of amides is 4. The van der Waals surface area contributed by atoms with Crippen molar-refractivity contribution in [2.24, 2.45) is 0 Å². The summed E-state index contributed by atoms with van der Waals surface area (Å²) in [6, 6.07) is 5.50. The second-order valence-corrected chi connectivity index (χ2v) is 6.15. The van der Waals surface area contributed by atoms with Crippen LogP contribution in [0.1, 0.15) is 23.1 Å². The number of carbonyl (C=O) groups is 3. The smallest absolute Gasteiger partial charge is 0.322 e. The Morgan fingerprint density at radius 1 is 1.27 bits per heavy atom. The van der Waals surface area contributed by atoms with E-state index in [4.69, 9.17) is 0 Å². The highest BCUT2D eigenvalue weighted by Gasteiger charge is 2.51. The Bertz CT molecular complexity index is 671. The Morgan fingerprint density at radius 3 is 2.68 bits per heavy atom. The number of rotatable bonds is 2. The molecule has 1 aromatic rings. The number of aryl methyl sites for hydroxylation is 2. The van der Waals surface area contributed by atoms with Gasteiger partial charge in [-0.3, -0.25) is 14.9 Å². The predicted octanol–water partition coefficient (Wildman–Crippen LogP) is 0.656. The summed E-state index contributed by atoms with van der Waals surface area (Å²) in [6.07, 6.45) is 0.774. The number of urea groups is 1. The van der Waals surface area contributed by atoms with E-state index < -0.39 is 11.6 Å². The minimum atomic E-state index is -0.935. The maximum Gasteiger partial charge on any atom is 0.322 e. The first-order valence-corrected chi connectivity index (χ1v) is 7.37. The molecule has 1 atom stereocenters. The molecule has 2 aliphatic heterocycles. The molecular weight excluding hydrogens is 282 g/mol. The van der Waals surface area contributed by atoms with Gasteiger partial charge in [0, 0.05) is 6.54 Å². The SMILES string of the molecule is Cc1ccc(CC(=O)N2CC[C@]3(C2)NC(=O)NC3=O)cc1C. The Labute approximate surface area is 128 Å². The predicted molar refractivity (Wildman–Crippen MR) is 80.2 cm³/mol. The fraction of sp³-hybridized carbons (Fsp3) is 0.438. The molecule has 3 rings (SSSR count). The molecular formula is C16H19N3O3. The van der Waals surface area contributed by atoms with E-state index in [1.807, 2.05) is 32.0 Å². The van der Waals surface area contributed by atoms with Crippen LogP contribution >= 0.6 is 0 Å². The number of hydrogen-bond acceptors (Lipinski definition) is 3. The summed E-state index contributed by atoms with van der Waals surface area (Å²) in [5.74, 6) is -0.354. The van der Waals surface area contributed by atoms with Gasteiger partial charge in [-0.15, -0.1) is 0 Å². The van der Waals surface area contributed by atoms with Gasteiger partial charge in [0.1, 0.15) is 5.54 Å². The van der Waals surface area contributed by atoms with Crippen LogP contribution in [0.4, 0.5) is 4.79 Å². The normalized spacial score (nSPS) is 23.8. The van der Waals surface area contributed by atoms with Crippen LogP contribution in [0.5, 0.6) is 0 Å². The third-order valence-electron chi connectivity index (χ3n) is 4.56. The topological polar surface area (TPSA) is 78.5 Å². The first-order valence-electron chi connectivity index (χ1n) is 7.37. The molecule has 0 radical (unpaired) electrons. The van der Waals surface area contributed by atoms with Crippen molar-refractivity contribution in [3.05, 3.63) is 34.9 Å². The molecule has 2 heterocycles. The Hall–Kier alpha value is -2.37. The second kappa shape index (κ2) is 5.12. The van der Waals surface area contributed by atoms with E-state index in [0.29, 0.717) is 19.4 Å². The number of carbonyl (C=O) groups excluding carboxylic acids is 3. The van der Waals surface area contributed by atoms with Gasteiger partial charge in [-0.25, -0.2) is 4.79 Å². The molecule has 22 heavy (non-hydrogen) atoms. The van der Waals surface area contributed by atoms with Gasteiger partial charge in [-0.1, -0.05) is 18.2 Å². The van der Waals surface area contributed by atoms with Crippen molar-refractivity contribution in [2.45, 2.75) is 32.2 Å². The highest BCUT2D eigenvalue weighted by molar-refractivity contribution is 6.07. The number of hydrogen-bond donors (Lipinski definition) is 2. The van der Waals surface area contributed by atoms with E-state index in [2.05, 4.69) is 10.6 Å². The minimum absolute atomic E-state index is 0.0194. The molecule has 0 bridgehead atoms. The van der Waals surface area contributed by atoms with Gasteiger partial charge in [0.2, 0.25) is 5.91 Å². The van der Waals surface area contributed by atoms with Gasteiger partial charge in [-0.05, 0) is 37.0 Å². The van der Waals surface area contributed by atoms with Crippen LogP contribution in [0, 0.1) is 13.8 Å². The summed E-state index contributed by atoms with van der Waals surface area (Å²) < 4.78 is 0. The zero-order valence-corrected chi connectivity index (χ0v) is 12.7. The molecule has 2 N–H and O–H groups in total. The lowest BCUT2D eigenvalue weighted by atomic mass is 9.99. The Morgan fingerprint density at radius 2 is 2.05 bits per heavy atom. The van der Waals surface area contributed by atoms with Crippen LogP contribution in [-0.2, 0) is 16.0 Å². The molecule has 0 aromatic heterocycles. The van der Waals surface area contributed by atoms with Gasteiger partial charge in [0.05, 0.1) is 13.0 Å². The summed E-state index contributed by atoms with van der Waals surface area (Å²) in [6.45, 7) is 4.78. The fourth-order valence-electron chi connectivity index (χ4n) is 3.04. The van der Waals surface area contributed by atoms with Gasteiger partial charge >= 0.3 is 6.03 Å². The van der Waals surface area contributed by atoms with E-state index in [0.717, 1.165) is 11.1 Å². The zero-order chi connectivity index (χ0) is 15.9. The Kier molecular flexibility index (Phi) is 3.39. The standard InChI is InChI=1S/C16H19N3O3/c1-10-3-4-12(7-11(10)2)8-13(20)19-6-5-16(9-19)14(21)17-15(22)18-16/h3-4,7H,5-6,8-9H2,1-2H3,(H2,17,18,21,22)/t16-/m1/s1. The molecule has 4 amide bonds. The first-order chi connectivity index (χ1) is 10.4. The average Bonchev–Trinajstić information content (AvgIpc) is 2.99. The van der Waals surface area contributed by atoms with Crippen molar-refractivity contribution >= 4 is 17.8 Å². The summed E-state index contributed by atoms with van der Waals surface area (Å²) >= 11 is 0. The highest BCUT2D eigenvalue weighted by Crippen LogP contribution is 2.25. The zero-order valence-electron chi connectivity index (χ0n) is 12.7.